The number of nitrogens with one attached hydrogen (secondary N) is 1. The number of anilines is 1. The molecule has 4 heterocycles. The number of benzene rings is 1. The lowest BCUT2D eigenvalue weighted by Gasteiger charge is -2.06. The van der Waals surface area contributed by atoms with Crippen LogP contribution in [-0.2, 0) is 6.54 Å². The van der Waals surface area contributed by atoms with Crippen molar-refractivity contribution < 1.29 is 13.7 Å². The van der Waals surface area contributed by atoms with Crippen LogP contribution in [0.3, 0.4) is 0 Å². The molecule has 162 valence electrons. The van der Waals surface area contributed by atoms with E-state index in [1.807, 2.05) is 0 Å². The second-order valence-corrected chi connectivity index (χ2v) is 6.86. The lowest BCUT2D eigenvalue weighted by Crippen LogP contribution is -2.15. The summed E-state index contributed by atoms with van der Waals surface area (Å²) < 4.78 is 20.8. The SMILES string of the molecule is O=C(Nc1ccnc(-c2cc(-c3ccon3)n(Cc3ccccc3F)n2)n1)c1ccncn1. The molecule has 4 aromatic heterocycles. The van der Waals surface area contributed by atoms with Crippen molar-refractivity contribution in [2.45, 2.75) is 6.54 Å². The number of aromatic nitrogens is 7. The topological polar surface area (TPSA) is 125 Å². The molecule has 5 aromatic rings. The van der Waals surface area contributed by atoms with Gasteiger partial charge in [0.25, 0.3) is 5.91 Å². The first-order valence-corrected chi connectivity index (χ1v) is 9.80. The zero-order valence-electron chi connectivity index (χ0n) is 17.0. The second-order valence-electron chi connectivity index (χ2n) is 6.86. The highest BCUT2D eigenvalue weighted by Crippen LogP contribution is 2.25. The molecule has 10 nitrogen and oxygen atoms in total. The van der Waals surface area contributed by atoms with Crippen molar-refractivity contribution in [1.29, 1.82) is 0 Å². The van der Waals surface area contributed by atoms with E-state index in [0.717, 1.165) is 0 Å². The van der Waals surface area contributed by atoms with E-state index in [2.05, 4.69) is 35.5 Å². The lowest BCUT2D eigenvalue weighted by molar-refractivity contribution is 0.102. The number of carbonyl (C=O) groups excluding carboxylic acids is 1. The minimum absolute atomic E-state index is 0.166. The van der Waals surface area contributed by atoms with Crippen molar-refractivity contribution in [2.75, 3.05) is 5.32 Å². The van der Waals surface area contributed by atoms with Crippen LogP contribution in [-0.4, -0.2) is 40.8 Å². The first kappa shape index (κ1) is 20.1. The molecule has 5 rings (SSSR count). The van der Waals surface area contributed by atoms with Gasteiger partial charge in [-0.2, -0.15) is 5.10 Å². The van der Waals surface area contributed by atoms with E-state index in [4.69, 9.17) is 4.52 Å². The molecule has 0 aliphatic rings. The summed E-state index contributed by atoms with van der Waals surface area (Å²) in [6.07, 6.45) is 5.70. The van der Waals surface area contributed by atoms with Gasteiger partial charge in [-0.25, -0.2) is 24.3 Å². The van der Waals surface area contributed by atoms with E-state index in [1.165, 1.54) is 37.1 Å². The van der Waals surface area contributed by atoms with Crippen molar-refractivity contribution in [3.8, 4) is 22.9 Å². The minimum Gasteiger partial charge on any atom is -0.364 e. The van der Waals surface area contributed by atoms with E-state index < -0.39 is 5.91 Å². The van der Waals surface area contributed by atoms with Gasteiger partial charge in [-0.15, -0.1) is 0 Å². The van der Waals surface area contributed by atoms with Crippen molar-refractivity contribution in [3.63, 3.8) is 0 Å². The smallest absolute Gasteiger partial charge is 0.275 e. The molecule has 0 radical (unpaired) electrons. The Hall–Kier alpha value is -4.80. The fraction of sp³-hybridized carbons (Fsp3) is 0.0455. The zero-order valence-corrected chi connectivity index (χ0v) is 17.0. The first-order valence-electron chi connectivity index (χ1n) is 9.80. The average molecular weight is 442 g/mol. The van der Waals surface area contributed by atoms with Gasteiger partial charge in [0.05, 0.1) is 12.2 Å². The van der Waals surface area contributed by atoms with Gasteiger partial charge in [0.15, 0.2) is 5.82 Å². The molecule has 0 fully saturated rings. The second kappa shape index (κ2) is 8.75. The zero-order chi connectivity index (χ0) is 22.6. The maximum absolute atomic E-state index is 14.2. The van der Waals surface area contributed by atoms with Crippen molar-refractivity contribution in [3.05, 3.63) is 90.6 Å². The molecule has 0 saturated heterocycles. The fourth-order valence-corrected chi connectivity index (χ4v) is 3.14. The molecular weight excluding hydrogens is 427 g/mol. The molecule has 0 aliphatic heterocycles. The van der Waals surface area contributed by atoms with Crippen molar-refractivity contribution >= 4 is 11.7 Å². The molecule has 11 heteroatoms. The van der Waals surface area contributed by atoms with Crippen LogP contribution >= 0.6 is 0 Å². The van der Waals surface area contributed by atoms with E-state index in [-0.39, 0.29) is 29.7 Å². The molecule has 0 saturated carbocycles. The highest BCUT2D eigenvalue weighted by atomic mass is 19.1. The number of nitrogens with zero attached hydrogens (tertiary/aromatic N) is 7. The Balaban J connectivity index is 1.47. The van der Waals surface area contributed by atoms with E-state index in [0.29, 0.717) is 22.6 Å². The molecule has 0 unspecified atom stereocenters. The molecule has 0 spiro atoms. The summed E-state index contributed by atoms with van der Waals surface area (Å²) in [4.78, 5) is 28.7. The fourth-order valence-electron chi connectivity index (χ4n) is 3.14. The Morgan fingerprint density at radius 2 is 1.97 bits per heavy atom. The van der Waals surface area contributed by atoms with Gasteiger partial charge in [0.2, 0.25) is 0 Å². The van der Waals surface area contributed by atoms with Gasteiger partial charge in [0, 0.05) is 24.0 Å². The first-order chi connectivity index (χ1) is 16.2. The Morgan fingerprint density at radius 3 is 2.76 bits per heavy atom. The van der Waals surface area contributed by atoms with Crippen LogP contribution in [0.5, 0.6) is 0 Å². The maximum atomic E-state index is 14.2. The Morgan fingerprint density at radius 1 is 1.06 bits per heavy atom. The van der Waals surface area contributed by atoms with Crippen LogP contribution in [0.15, 0.2) is 78.0 Å². The van der Waals surface area contributed by atoms with Crippen LogP contribution < -0.4 is 5.32 Å². The van der Waals surface area contributed by atoms with Gasteiger partial charge in [-0.1, -0.05) is 23.4 Å². The number of hydrogen-bond acceptors (Lipinski definition) is 8. The highest BCUT2D eigenvalue weighted by Gasteiger charge is 2.17. The summed E-state index contributed by atoms with van der Waals surface area (Å²) in [6.45, 7) is 0.166. The van der Waals surface area contributed by atoms with Crippen LogP contribution in [0.25, 0.3) is 22.9 Å². The van der Waals surface area contributed by atoms with Gasteiger partial charge in [-0.05, 0) is 24.3 Å². The number of hydrogen-bond donors (Lipinski definition) is 1. The Bertz CT molecular complexity index is 1400. The molecule has 1 aromatic carbocycles. The number of amides is 1. The Kier molecular flexibility index (Phi) is 5.33. The molecule has 0 atom stereocenters. The van der Waals surface area contributed by atoms with Crippen LogP contribution in [0.4, 0.5) is 10.2 Å². The summed E-state index contributed by atoms with van der Waals surface area (Å²) in [5.41, 5.74) is 2.21. The summed E-state index contributed by atoms with van der Waals surface area (Å²) in [6, 6.07) is 12.9. The van der Waals surface area contributed by atoms with Gasteiger partial charge in [-0.3, -0.25) is 9.48 Å². The molecule has 33 heavy (non-hydrogen) atoms. The average Bonchev–Trinajstić information content (AvgIpc) is 3.51. The third kappa shape index (κ3) is 4.32. The van der Waals surface area contributed by atoms with Crippen molar-refractivity contribution in [1.82, 2.24) is 34.9 Å². The van der Waals surface area contributed by atoms with E-state index >= 15 is 0 Å². The summed E-state index contributed by atoms with van der Waals surface area (Å²) in [5, 5.41) is 11.2. The van der Waals surface area contributed by atoms with Gasteiger partial charge in [0.1, 0.15) is 41.3 Å². The monoisotopic (exact) mass is 442 g/mol. The molecule has 1 amide bonds. The third-order valence-corrected chi connectivity index (χ3v) is 4.70. The van der Waals surface area contributed by atoms with E-state index in [9.17, 15) is 9.18 Å². The third-order valence-electron chi connectivity index (χ3n) is 4.70. The standard InChI is InChI=1S/C22H15FN8O2/c23-15-4-2-1-3-14(15)12-31-19(16-7-10-33-30-16)11-18(29-31)21-25-9-6-20(27-21)28-22(32)17-5-8-24-13-26-17/h1-11,13H,12H2,(H,25,27,28,32). The van der Waals surface area contributed by atoms with Gasteiger partial charge >= 0.3 is 0 Å². The number of carbonyl (C=O) groups is 1. The van der Waals surface area contributed by atoms with Crippen molar-refractivity contribution in [2.24, 2.45) is 0 Å². The normalized spacial score (nSPS) is 10.8. The van der Waals surface area contributed by atoms with Crippen LogP contribution in [0, 0.1) is 5.82 Å². The van der Waals surface area contributed by atoms with E-state index in [1.54, 1.807) is 41.1 Å². The summed E-state index contributed by atoms with van der Waals surface area (Å²) in [7, 11) is 0. The Labute approximate surface area is 186 Å². The van der Waals surface area contributed by atoms with Gasteiger partial charge < -0.3 is 9.84 Å². The van der Waals surface area contributed by atoms with Crippen LogP contribution in [0.2, 0.25) is 0 Å². The molecule has 1 N–H and O–H groups in total. The predicted molar refractivity (Wildman–Crippen MR) is 114 cm³/mol. The molecule has 0 bridgehead atoms. The lowest BCUT2D eigenvalue weighted by atomic mass is 10.2. The molecular formula is C22H15FN8O2. The summed E-state index contributed by atoms with van der Waals surface area (Å²) >= 11 is 0. The summed E-state index contributed by atoms with van der Waals surface area (Å²) in [5.74, 6) is -0.232. The van der Waals surface area contributed by atoms with Crippen LogP contribution in [0.1, 0.15) is 16.1 Å². The largest absolute Gasteiger partial charge is 0.364 e. The number of rotatable bonds is 6. The number of halogens is 1. The molecule has 0 aliphatic carbocycles. The minimum atomic E-state index is -0.435. The maximum Gasteiger partial charge on any atom is 0.275 e. The predicted octanol–water partition coefficient (Wildman–Crippen LogP) is 3.22. The highest BCUT2D eigenvalue weighted by molar-refractivity contribution is 6.02. The quantitative estimate of drug-likeness (QED) is 0.425.